The molecule has 2 atom stereocenters. The van der Waals surface area contributed by atoms with Crippen LogP contribution in [-0.2, 0) is 4.79 Å². The molecule has 5 aliphatic heterocycles. The number of aromatic nitrogens is 4. The Kier molecular flexibility index (Phi) is 9.91. The molecular formula is C50H58FN11O3. The molecule has 7 fully saturated rings. The molecule has 5 aromatic rings. The van der Waals surface area contributed by atoms with Crippen LogP contribution in [0.2, 0.25) is 0 Å². The molecule has 2 unspecified atom stereocenters. The number of nitrogens with one attached hydrogen (secondary N) is 1. The predicted molar refractivity (Wildman–Crippen MR) is 250 cm³/mol. The smallest absolute Gasteiger partial charge is 0.328 e. The first-order valence-corrected chi connectivity index (χ1v) is 24.0. The van der Waals surface area contributed by atoms with Gasteiger partial charge in [-0.3, -0.25) is 15.0 Å². The molecule has 5 saturated heterocycles. The molecular weight excluding hydrogens is 822 g/mol. The number of phenolic OH excluding ortho intramolecular Hbond substituents is 1. The summed E-state index contributed by atoms with van der Waals surface area (Å²) >= 11 is 0. The Labute approximate surface area is 378 Å². The predicted octanol–water partition coefficient (Wildman–Crippen LogP) is 7.44. The lowest BCUT2D eigenvalue weighted by Crippen LogP contribution is -2.54. The number of pyridine rings is 1. The zero-order valence-electron chi connectivity index (χ0n) is 36.9. The number of para-hydroxylation sites is 1. The monoisotopic (exact) mass is 879 g/mol. The van der Waals surface area contributed by atoms with Crippen LogP contribution in [0.15, 0.2) is 67.0 Å². The number of hydrogen-bond acceptors (Lipinski definition) is 11. The number of anilines is 5. The topological polar surface area (TPSA) is 152 Å². The van der Waals surface area contributed by atoms with Crippen molar-refractivity contribution in [1.29, 1.82) is 0 Å². The highest BCUT2D eigenvalue weighted by Crippen LogP contribution is 2.56. The average Bonchev–Trinajstić information content (AvgIpc) is 4.02. The van der Waals surface area contributed by atoms with Crippen LogP contribution in [0.1, 0.15) is 88.2 Å². The van der Waals surface area contributed by atoms with E-state index in [4.69, 9.17) is 10.7 Å². The van der Waals surface area contributed by atoms with Gasteiger partial charge in [0.25, 0.3) is 0 Å². The van der Waals surface area contributed by atoms with E-state index in [0.29, 0.717) is 53.3 Å². The highest BCUT2D eigenvalue weighted by Gasteiger charge is 2.48. The molecule has 12 rings (SSSR count). The Morgan fingerprint density at radius 1 is 0.815 bits per heavy atom. The number of amides is 3. The number of hydrogen-bond donors (Lipinski definition) is 3. The number of phenols is 1. The molecule has 15 heteroatoms. The van der Waals surface area contributed by atoms with Crippen molar-refractivity contribution in [3.8, 4) is 17.0 Å². The molecule has 2 saturated carbocycles. The van der Waals surface area contributed by atoms with Crippen molar-refractivity contribution in [3.63, 3.8) is 0 Å². The Bertz CT molecular complexity index is 2650. The van der Waals surface area contributed by atoms with Crippen LogP contribution in [0.25, 0.3) is 22.3 Å². The molecule has 2 bridgehead atoms. The minimum absolute atomic E-state index is 0.155. The molecule has 3 amide bonds. The standard InChI is InChI=1S/C50H58FN11O3/c51-33-19-36(21-37(20-33)62-34-7-8-35(62)29-59(28-34)44-23-43(55-56-47(44)52)40-3-1-2-4-45(40)63)58-14-9-31(10-15-58)27-57-17-12-50(13-18-57)24-39(25-50)61-30-42(32-5-6-32)41-22-38(26-53-48(41)61)60-16-11-46(64)54-49(60)65/h1-4,19-23,26,30-32,34-35,39,63H,5-18,24-25,27-29H2,(H2,52,56)(H,54,64,65). The van der Waals surface area contributed by atoms with Crippen LogP contribution in [-0.4, -0.2) is 106 Å². The number of imide groups is 1. The summed E-state index contributed by atoms with van der Waals surface area (Å²) in [4.78, 5) is 40.8. The van der Waals surface area contributed by atoms with E-state index in [-0.39, 0.29) is 35.6 Å². The fourth-order valence-corrected chi connectivity index (χ4v) is 12.5. The van der Waals surface area contributed by atoms with Gasteiger partial charge < -0.3 is 35.0 Å². The Morgan fingerprint density at radius 3 is 2.31 bits per heavy atom. The van der Waals surface area contributed by atoms with Crippen molar-refractivity contribution < 1.29 is 19.1 Å². The van der Waals surface area contributed by atoms with Crippen molar-refractivity contribution in [2.75, 3.05) is 77.7 Å². The van der Waals surface area contributed by atoms with Crippen molar-refractivity contribution in [1.82, 2.24) is 30.0 Å². The summed E-state index contributed by atoms with van der Waals surface area (Å²) in [6.07, 6.45) is 16.0. The average molecular weight is 880 g/mol. The number of urea groups is 1. The van der Waals surface area contributed by atoms with Crippen LogP contribution in [0.5, 0.6) is 5.75 Å². The molecule has 8 heterocycles. The first kappa shape index (κ1) is 40.5. The van der Waals surface area contributed by atoms with Crippen molar-refractivity contribution in [2.45, 2.75) is 94.7 Å². The van der Waals surface area contributed by atoms with Gasteiger partial charge in [-0.15, -0.1) is 10.2 Å². The maximum Gasteiger partial charge on any atom is 0.328 e. The number of piperidine rings is 2. The summed E-state index contributed by atoms with van der Waals surface area (Å²) in [6.45, 7) is 7.21. The summed E-state index contributed by atoms with van der Waals surface area (Å²) in [7, 11) is 0. The van der Waals surface area contributed by atoms with E-state index in [1.165, 1.54) is 44.1 Å². The summed E-state index contributed by atoms with van der Waals surface area (Å²) in [5, 5.41) is 22.6. The van der Waals surface area contributed by atoms with E-state index in [1.807, 2.05) is 18.2 Å². The van der Waals surface area contributed by atoms with E-state index >= 15 is 4.39 Å². The van der Waals surface area contributed by atoms with Gasteiger partial charge in [0, 0.05) is 92.3 Å². The Morgan fingerprint density at radius 2 is 1.57 bits per heavy atom. The zero-order chi connectivity index (χ0) is 44.0. The highest BCUT2D eigenvalue weighted by molar-refractivity contribution is 6.06. The van der Waals surface area contributed by atoms with Gasteiger partial charge >= 0.3 is 6.03 Å². The second kappa shape index (κ2) is 15.9. The van der Waals surface area contributed by atoms with Crippen LogP contribution in [0, 0.1) is 17.2 Å². The molecule has 338 valence electrons. The maximum atomic E-state index is 15.5. The van der Waals surface area contributed by atoms with Gasteiger partial charge in [-0.2, -0.15) is 0 Å². The van der Waals surface area contributed by atoms with E-state index in [1.54, 1.807) is 35.4 Å². The molecule has 7 aliphatic rings. The maximum absolute atomic E-state index is 15.5. The number of carbonyl (C=O) groups excluding carboxylic acids is 2. The van der Waals surface area contributed by atoms with Crippen LogP contribution < -0.4 is 30.7 Å². The molecule has 4 N–H and O–H groups in total. The first-order valence-electron chi connectivity index (χ1n) is 24.0. The molecule has 2 aromatic carbocycles. The third-order valence-electron chi connectivity index (χ3n) is 16.2. The third-order valence-corrected chi connectivity index (χ3v) is 16.2. The molecule has 1 spiro atoms. The number of aromatic hydroxyl groups is 1. The highest BCUT2D eigenvalue weighted by atomic mass is 19.1. The second-order valence-corrected chi connectivity index (χ2v) is 20.3. The number of rotatable bonds is 9. The second-order valence-electron chi connectivity index (χ2n) is 20.3. The third kappa shape index (κ3) is 7.49. The number of fused-ring (bicyclic) bond motifs is 3. The van der Waals surface area contributed by atoms with E-state index in [0.717, 1.165) is 105 Å². The number of piperazine rings is 1. The number of halogens is 1. The van der Waals surface area contributed by atoms with Gasteiger partial charge in [0.15, 0.2) is 5.82 Å². The molecule has 3 aromatic heterocycles. The summed E-state index contributed by atoms with van der Waals surface area (Å²) in [6, 6.07) is 17.4. The number of nitrogens with zero attached hydrogens (tertiary/aromatic N) is 9. The van der Waals surface area contributed by atoms with E-state index < -0.39 is 0 Å². The summed E-state index contributed by atoms with van der Waals surface area (Å²) in [5.74, 6) is 1.33. The minimum atomic E-state index is -0.366. The van der Waals surface area contributed by atoms with Crippen molar-refractivity contribution in [3.05, 3.63) is 78.4 Å². The van der Waals surface area contributed by atoms with Gasteiger partial charge in [0.05, 0.1) is 23.3 Å². The Hall–Kier alpha value is -5.96. The minimum Gasteiger partial charge on any atom is -0.507 e. The fourth-order valence-electron chi connectivity index (χ4n) is 12.5. The van der Waals surface area contributed by atoms with Crippen LogP contribution in [0.4, 0.5) is 37.8 Å². The largest absolute Gasteiger partial charge is 0.507 e. The van der Waals surface area contributed by atoms with Crippen molar-refractivity contribution >= 4 is 51.5 Å². The zero-order valence-corrected chi connectivity index (χ0v) is 36.9. The summed E-state index contributed by atoms with van der Waals surface area (Å²) in [5.41, 5.74) is 13.9. The number of benzene rings is 2. The molecule has 0 radical (unpaired) electrons. The van der Waals surface area contributed by atoms with Crippen LogP contribution in [0.3, 0.4) is 0 Å². The van der Waals surface area contributed by atoms with E-state index in [9.17, 15) is 14.7 Å². The first-order chi connectivity index (χ1) is 31.6. The van der Waals surface area contributed by atoms with Crippen LogP contribution >= 0.6 is 0 Å². The number of nitrogen functional groups attached to an aromatic ring is 1. The van der Waals surface area contributed by atoms with Gasteiger partial charge in [0.1, 0.15) is 17.2 Å². The van der Waals surface area contributed by atoms with Crippen molar-refractivity contribution in [2.24, 2.45) is 11.3 Å². The van der Waals surface area contributed by atoms with Gasteiger partial charge in [-0.1, -0.05) is 12.1 Å². The lowest BCUT2D eigenvalue weighted by atomic mass is 9.60. The lowest BCUT2D eigenvalue weighted by Gasteiger charge is -2.53. The molecule has 65 heavy (non-hydrogen) atoms. The lowest BCUT2D eigenvalue weighted by molar-refractivity contribution is -0.120. The van der Waals surface area contributed by atoms with Gasteiger partial charge in [-0.25, -0.2) is 14.2 Å². The SMILES string of the molecule is Nc1nnc(-c2ccccc2O)cc1N1CC2CCC(C1)N2c1cc(F)cc(N2CCC(CN3CCC4(CC3)CC(n3cc(C5CC5)c5cc(N6CCC(=O)NC6=O)cnc53)C4)CC2)c1. The fraction of sp³-hybridized carbons (Fsp3) is 0.500. The number of likely N-dealkylation sites (tertiary alicyclic amines) is 1. The molecule has 14 nitrogen and oxygen atoms in total. The van der Waals surface area contributed by atoms with Gasteiger partial charge in [0.2, 0.25) is 5.91 Å². The Balaban J connectivity index is 0.645. The molecule has 2 aliphatic carbocycles. The van der Waals surface area contributed by atoms with E-state index in [2.05, 4.69) is 58.0 Å². The summed E-state index contributed by atoms with van der Waals surface area (Å²) < 4.78 is 17.9. The number of carbonyl (C=O) groups is 2. The quantitative estimate of drug-likeness (QED) is 0.136. The number of nitrogens with two attached hydrogens (primary N) is 1. The normalized spacial score (nSPS) is 24.0. The van der Waals surface area contributed by atoms with Gasteiger partial charge in [-0.05, 0) is 143 Å².